The van der Waals surface area contributed by atoms with E-state index < -0.39 is 6.23 Å². The van der Waals surface area contributed by atoms with E-state index in [0.29, 0.717) is 18.8 Å². The van der Waals surface area contributed by atoms with E-state index in [2.05, 4.69) is 22.8 Å². The van der Waals surface area contributed by atoms with Gasteiger partial charge in [0.2, 0.25) is 5.91 Å². The molecule has 0 bridgehead atoms. The number of carbonyl (C=O) groups is 2. The number of carbonyl (C=O) groups excluding carboxylic acids is 2. The van der Waals surface area contributed by atoms with Gasteiger partial charge in [-0.15, -0.1) is 11.8 Å². The van der Waals surface area contributed by atoms with Crippen LogP contribution in [0.5, 0.6) is 5.75 Å². The number of hydrogen-bond donors (Lipinski definition) is 3. The Morgan fingerprint density at radius 2 is 2.12 bits per heavy atom. The SMILES string of the molecule is CSc1ccccc1[C@H]1CCCN1C(=O)CN(C)C(=O)NCc1ccc2c(c1)OC[C@@H](O)N2. The Bertz CT molecular complexity index is 1020. The lowest BCUT2D eigenvalue weighted by atomic mass is 10.0. The molecule has 2 aliphatic rings. The summed E-state index contributed by atoms with van der Waals surface area (Å²) in [4.78, 5) is 30.2. The van der Waals surface area contributed by atoms with Gasteiger partial charge in [0.15, 0.2) is 6.23 Å². The number of anilines is 1. The lowest BCUT2D eigenvalue weighted by Crippen LogP contribution is -2.44. The van der Waals surface area contributed by atoms with Gasteiger partial charge < -0.3 is 30.3 Å². The summed E-state index contributed by atoms with van der Waals surface area (Å²) in [5.41, 5.74) is 2.77. The molecule has 1 fully saturated rings. The summed E-state index contributed by atoms with van der Waals surface area (Å²) < 4.78 is 5.52. The predicted molar refractivity (Wildman–Crippen MR) is 128 cm³/mol. The summed E-state index contributed by atoms with van der Waals surface area (Å²) in [7, 11) is 1.63. The van der Waals surface area contributed by atoms with Gasteiger partial charge in [-0.25, -0.2) is 4.79 Å². The molecule has 2 atom stereocenters. The molecule has 2 aromatic rings. The molecular weight excluding hydrogens is 440 g/mol. The van der Waals surface area contributed by atoms with Crippen LogP contribution >= 0.6 is 11.8 Å². The number of hydrogen-bond acceptors (Lipinski definition) is 6. The van der Waals surface area contributed by atoms with Crippen LogP contribution in [0.1, 0.15) is 30.0 Å². The second-order valence-corrected chi connectivity index (χ2v) is 9.15. The topological polar surface area (TPSA) is 94.1 Å². The number of nitrogens with one attached hydrogen (secondary N) is 2. The lowest BCUT2D eigenvalue weighted by Gasteiger charge is -2.28. The molecule has 0 spiro atoms. The first-order valence-electron chi connectivity index (χ1n) is 11.1. The van der Waals surface area contributed by atoms with Crippen LogP contribution in [0.3, 0.4) is 0 Å². The molecular formula is C24H30N4O4S. The van der Waals surface area contributed by atoms with Crippen molar-refractivity contribution in [3.8, 4) is 5.75 Å². The molecule has 1 saturated heterocycles. The lowest BCUT2D eigenvalue weighted by molar-refractivity contribution is -0.132. The van der Waals surface area contributed by atoms with Crippen molar-refractivity contribution in [2.75, 3.05) is 38.3 Å². The molecule has 8 nitrogen and oxygen atoms in total. The van der Waals surface area contributed by atoms with Crippen molar-refractivity contribution in [3.63, 3.8) is 0 Å². The van der Waals surface area contributed by atoms with E-state index in [1.54, 1.807) is 18.8 Å². The highest BCUT2D eigenvalue weighted by Crippen LogP contribution is 2.36. The fraction of sp³-hybridized carbons (Fsp3) is 0.417. The third-order valence-corrected chi connectivity index (χ3v) is 6.81. The molecule has 2 aromatic carbocycles. The molecule has 9 heteroatoms. The zero-order valence-corrected chi connectivity index (χ0v) is 19.7. The zero-order valence-electron chi connectivity index (χ0n) is 18.9. The van der Waals surface area contributed by atoms with Gasteiger partial charge in [0.1, 0.15) is 18.9 Å². The largest absolute Gasteiger partial charge is 0.487 e. The number of urea groups is 1. The third-order valence-electron chi connectivity index (χ3n) is 6.00. The van der Waals surface area contributed by atoms with Gasteiger partial charge in [-0.3, -0.25) is 4.79 Å². The number of aliphatic hydroxyl groups excluding tert-OH is 1. The van der Waals surface area contributed by atoms with E-state index in [-0.39, 0.29) is 31.1 Å². The molecule has 0 aromatic heterocycles. The molecule has 0 aliphatic carbocycles. The normalized spacial score (nSPS) is 19.3. The summed E-state index contributed by atoms with van der Waals surface area (Å²) >= 11 is 1.69. The number of ether oxygens (including phenoxy) is 1. The number of benzene rings is 2. The van der Waals surface area contributed by atoms with Crippen LogP contribution < -0.4 is 15.4 Å². The molecule has 3 amide bonds. The molecule has 4 rings (SSSR count). The Kier molecular flexibility index (Phi) is 7.29. The van der Waals surface area contributed by atoms with Crippen molar-refractivity contribution in [3.05, 3.63) is 53.6 Å². The maximum atomic E-state index is 13.1. The highest BCUT2D eigenvalue weighted by atomic mass is 32.2. The first kappa shape index (κ1) is 23.3. The Hall–Kier alpha value is -2.91. The van der Waals surface area contributed by atoms with Gasteiger partial charge in [-0.05, 0) is 48.4 Å². The summed E-state index contributed by atoms with van der Waals surface area (Å²) in [5, 5.41) is 15.4. The van der Waals surface area contributed by atoms with Crippen molar-refractivity contribution in [2.24, 2.45) is 0 Å². The quantitative estimate of drug-likeness (QED) is 0.562. The molecule has 2 aliphatic heterocycles. The number of fused-ring (bicyclic) bond motifs is 1. The van der Waals surface area contributed by atoms with E-state index in [1.165, 1.54) is 15.4 Å². The van der Waals surface area contributed by atoms with Crippen LogP contribution in [0.2, 0.25) is 0 Å². The van der Waals surface area contributed by atoms with Gasteiger partial charge in [-0.2, -0.15) is 0 Å². The first-order valence-corrected chi connectivity index (χ1v) is 12.3. The number of rotatable bonds is 6. The maximum Gasteiger partial charge on any atom is 0.317 e. The molecule has 176 valence electrons. The van der Waals surface area contributed by atoms with Crippen molar-refractivity contribution >= 4 is 29.4 Å². The monoisotopic (exact) mass is 470 g/mol. The van der Waals surface area contributed by atoms with E-state index in [0.717, 1.165) is 24.1 Å². The average molecular weight is 471 g/mol. The number of likely N-dealkylation sites (tertiary alicyclic amines) is 1. The van der Waals surface area contributed by atoms with Crippen molar-refractivity contribution in [2.45, 2.75) is 36.6 Å². The van der Waals surface area contributed by atoms with Crippen LogP contribution in [0.25, 0.3) is 0 Å². The fourth-order valence-corrected chi connectivity index (χ4v) is 4.97. The smallest absolute Gasteiger partial charge is 0.317 e. The third kappa shape index (κ3) is 5.36. The Balaban J connectivity index is 1.32. The first-order chi connectivity index (χ1) is 16.0. The Labute approximate surface area is 198 Å². The number of amides is 3. The number of nitrogens with zero attached hydrogens (tertiary/aromatic N) is 2. The summed E-state index contributed by atoms with van der Waals surface area (Å²) in [6, 6.07) is 13.5. The Morgan fingerprint density at radius 1 is 1.30 bits per heavy atom. The second-order valence-electron chi connectivity index (χ2n) is 8.30. The van der Waals surface area contributed by atoms with Crippen LogP contribution in [-0.4, -0.2) is 66.1 Å². The number of likely N-dealkylation sites (N-methyl/N-ethyl adjacent to an activating group) is 1. The minimum atomic E-state index is -0.723. The van der Waals surface area contributed by atoms with E-state index in [1.807, 2.05) is 41.5 Å². The van der Waals surface area contributed by atoms with Crippen molar-refractivity contribution in [1.29, 1.82) is 0 Å². The fourth-order valence-electron chi connectivity index (χ4n) is 4.31. The molecule has 0 radical (unpaired) electrons. The van der Waals surface area contributed by atoms with Crippen molar-refractivity contribution in [1.82, 2.24) is 15.1 Å². The second kappa shape index (κ2) is 10.4. The maximum absolute atomic E-state index is 13.1. The number of thioether (sulfide) groups is 1. The molecule has 0 unspecified atom stereocenters. The highest BCUT2D eigenvalue weighted by molar-refractivity contribution is 7.98. The van der Waals surface area contributed by atoms with E-state index >= 15 is 0 Å². The summed E-state index contributed by atoms with van der Waals surface area (Å²) in [5.74, 6) is 0.596. The van der Waals surface area contributed by atoms with Crippen molar-refractivity contribution < 1.29 is 19.4 Å². The zero-order chi connectivity index (χ0) is 23.4. The van der Waals surface area contributed by atoms with Gasteiger partial charge in [0, 0.05) is 25.0 Å². The van der Waals surface area contributed by atoms with E-state index in [9.17, 15) is 14.7 Å². The van der Waals surface area contributed by atoms with Crippen LogP contribution in [0, 0.1) is 0 Å². The highest BCUT2D eigenvalue weighted by Gasteiger charge is 2.32. The minimum Gasteiger partial charge on any atom is -0.487 e. The summed E-state index contributed by atoms with van der Waals surface area (Å²) in [6.07, 6.45) is 3.22. The molecule has 0 saturated carbocycles. The molecule has 33 heavy (non-hydrogen) atoms. The van der Waals surface area contributed by atoms with Gasteiger partial charge >= 0.3 is 6.03 Å². The molecule has 3 N–H and O–H groups in total. The number of aliphatic hydroxyl groups is 1. The minimum absolute atomic E-state index is 0.0267. The van der Waals surface area contributed by atoms with Gasteiger partial charge in [0.25, 0.3) is 0 Å². The van der Waals surface area contributed by atoms with E-state index in [4.69, 9.17) is 4.74 Å². The molecule has 2 heterocycles. The standard InChI is InChI=1S/C24H30N4O4S/c1-27(24(31)25-13-16-9-10-18-20(12-16)32-15-22(29)26-18)14-23(30)28-11-5-7-19(28)17-6-3-4-8-21(17)33-2/h3-4,6,8-10,12,19,22,26,29H,5,7,11,13-15H2,1-2H3,(H,25,31)/t19-,22-/m1/s1. The van der Waals surface area contributed by atoms with Crippen LogP contribution in [0.15, 0.2) is 47.4 Å². The predicted octanol–water partition coefficient (Wildman–Crippen LogP) is 3.04. The van der Waals surface area contributed by atoms with Crippen LogP contribution in [0.4, 0.5) is 10.5 Å². The average Bonchev–Trinajstić information content (AvgIpc) is 3.32. The van der Waals surface area contributed by atoms with Crippen LogP contribution in [-0.2, 0) is 11.3 Å². The van der Waals surface area contributed by atoms with Gasteiger partial charge in [0.05, 0.1) is 11.7 Å². The Morgan fingerprint density at radius 3 is 2.94 bits per heavy atom. The summed E-state index contributed by atoms with van der Waals surface area (Å²) in [6.45, 7) is 1.22. The van der Waals surface area contributed by atoms with Gasteiger partial charge in [-0.1, -0.05) is 24.3 Å².